The minimum absolute atomic E-state index is 0. The summed E-state index contributed by atoms with van der Waals surface area (Å²) in [6, 6.07) is 7.20. The van der Waals surface area contributed by atoms with Crippen LogP contribution in [0.3, 0.4) is 0 Å². The zero-order valence-electron chi connectivity index (χ0n) is 14.0. The molecule has 0 aliphatic carbocycles. The maximum absolute atomic E-state index is 11.9. The topological polar surface area (TPSA) is 38.8 Å². The van der Waals surface area contributed by atoms with Gasteiger partial charge in [0, 0.05) is 6.54 Å². The van der Waals surface area contributed by atoms with Gasteiger partial charge in [0.15, 0.2) is 0 Å². The van der Waals surface area contributed by atoms with Crippen molar-refractivity contribution in [3.8, 4) is 5.75 Å². The standard InChI is InChI=1S/C18H27NO3.ClH/c1-2-3-14-21-17-9-7-16(8-10-17)18(20)22-15-6-13-19-11-4-5-12-19;/h7-10H,2-6,11-15H2,1H3;1H. The van der Waals surface area contributed by atoms with Crippen molar-refractivity contribution in [2.24, 2.45) is 0 Å². The van der Waals surface area contributed by atoms with Crippen LogP contribution in [0.5, 0.6) is 5.75 Å². The molecule has 0 unspecified atom stereocenters. The maximum Gasteiger partial charge on any atom is 0.338 e. The number of carbonyl (C=O) groups is 1. The Hall–Kier alpha value is -1.26. The molecule has 1 saturated heterocycles. The van der Waals surface area contributed by atoms with Crippen molar-refractivity contribution in [2.75, 3.05) is 32.8 Å². The molecule has 0 aromatic heterocycles. The molecule has 1 aromatic carbocycles. The summed E-state index contributed by atoms with van der Waals surface area (Å²) in [7, 11) is 0. The molecular formula is C18H28ClNO3. The average molecular weight is 342 g/mol. The third kappa shape index (κ3) is 7.23. The summed E-state index contributed by atoms with van der Waals surface area (Å²) in [5.74, 6) is 0.556. The first kappa shape index (κ1) is 19.8. The van der Waals surface area contributed by atoms with E-state index in [0.717, 1.165) is 38.2 Å². The van der Waals surface area contributed by atoms with Gasteiger partial charge in [-0.15, -0.1) is 12.4 Å². The number of benzene rings is 1. The number of rotatable bonds is 9. The Morgan fingerprint density at radius 2 is 1.78 bits per heavy atom. The van der Waals surface area contributed by atoms with Crippen molar-refractivity contribution in [3.05, 3.63) is 29.8 Å². The Morgan fingerprint density at radius 3 is 2.43 bits per heavy atom. The summed E-state index contributed by atoms with van der Waals surface area (Å²) in [6.07, 6.45) is 5.66. The van der Waals surface area contributed by atoms with Crippen molar-refractivity contribution >= 4 is 18.4 Å². The van der Waals surface area contributed by atoms with Gasteiger partial charge in [0.25, 0.3) is 0 Å². The zero-order chi connectivity index (χ0) is 15.6. The van der Waals surface area contributed by atoms with E-state index in [1.165, 1.54) is 25.9 Å². The molecule has 1 aliphatic heterocycles. The van der Waals surface area contributed by atoms with Crippen LogP contribution in [-0.2, 0) is 4.74 Å². The second kappa shape index (κ2) is 11.3. The Morgan fingerprint density at radius 1 is 1.09 bits per heavy atom. The zero-order valence-corrected chi connectivity index (χ0v) is 14.8. The molecule has 1 aromatic rings. The molecule has 0 bridgehead atoms. The third-order valence-electron chi connectivity index (χ3n) is 3.91. The van der Waals surface area contributed by atoms with Crippen LogP contribution in [0.2, 0.25) is 0 Å². The highest BCUT2D eigenvalue weighted by Crippen LogP contribution is 2.14. The maximum atomic E-state index is 11.9. The fourth-order valence-electron chi connectivity index (χ4n) is 2.56. The predicted molar refractivity (Wildman–Crippen MR) is 94.7 cm³/mol. The Balaban J connectivity index is 0.00000264. The summed E-state index contributed by atoms with van der Waals surface area (Å²) in [4.78, 5) is 14.4. The molecule has 130 valence electrons. The van der Waals surface area contributed by atoms with E-state index in [1.54, 1.807) is 12.1 Å². The molecule has 1 aliphatic rings. The van der Waals surface area contributed by atoms with Gasteiger partial charge in [0.1, 0.15) is 5.75 Å². The molecule has 23 heavy (non-hydrogen) atoms. The monoisotopic (exact) mass is 341 g/mol. The second-order valence-electron chi connectivity index (χ2n) is 5.76. The number of hydrogen-bond acceptors (Lipinski definition) is 4. The number of halogens is 1. The van der Waals surface area contributed by atoms with Gasteiger partial charge < -0.3 is 14.4 Å². The van der Waals surface area contributed by atoms with Crippen molar-refractivity contribution in [1.82, 2.24) is 4.90 Å². The van der Waals surface area contributed by atoms with E-state index in [9.17, 15) is 4.79 Å². The van der Waals surface area contributed by atoms with Gasteiger partial charge in [-0.3, -0.25) is 0 Å². The molecule has 2 rings (SSSR count). The van der Waals surface area contributed by atoms with E-state index in [0.29, 0.717) is 12.2 Å². The SMILES string of the molecule is CCCCOc1ccc(C(=O)OCCCN2CCCC2)cc1.Cl. The summed E-state index contributed by atoms with van der Waals surface area (Å²) in [6.45, 7) is 6.74. The average Bonchev–Trinajstić information content (AvgIpc) is 3.06. The van der Waals surface area contributed by atoms with E-state index in [2.05, 4.69) is 11.8 Å². The minimum atomic E-state index is -0.249. The molecular weight excluding hydrogens is 314 g/mol. The lowest BCUT2D eigenvalue weighted by Gasteiger charge is -2.14. The Bertz CT molecular complexity index is 444. The summed E-state index contributed by atoms with van der Waals surface area (Å²) < 4.78 is 10.9. The lowest BCUT2D eigenvalue weighted by atomic mass is 10.2. The van der Waals surface area contributed by atoms with Crippen LogP contribution >= 0.6 is 12.4 Å². The Labute approximate surface area is 145 Å². The first-order chi connectivity index (χ1) is 10.8. The fraction of sp³-hybridized carbons (Fsp3) is 0.611. The van der Waals surface area contributed by atoms with Crippen LogP contribution in [0.15, 0.2) is 24.3 Å². The molecule has 0 saturated carbocycles. The van der Waals surface area contributed by atoms with Crippen LogP contribution in [-0.4, -0.2) is 43.7 Å². The minimum Gasteiger partial charge on any atom is -0.494 e. The van der Waals surface area contributed by atoms with Crippen molar-refractivity contribution < 1.29 is 14.3 Å². The molecule has 0 radical (unpaired) electrons. The number of ether oxygens (including phenoxy) is 2. The quantitative estimate of drug-likeness (QED) is 0.504. The van der Waals surface area contributed by atoms with Crippen molar-refractivity contribution in [2.45, 2.75) is 39.0 Å². The molecule has 4 nitrogen and oxygen atoms in total. The van der Waals surface area contributed by atoms with Gasteiger partial charge in [-0.05, 0) is 63.0 Å². The highest BCUT2D eigenvalue weighted by atomic mass is 35.5. The van der Waals surface area contributed by atoms with E-state index in [-0.39, 0.29) is 18.4 Å². The molecule has 0 atom stereocenters. The normalized spacial score (nSPS) is 14.3. The van der Waals surface area contributed by atoms with Gasteiger partial charge in [-0.25, -0.2) is 4.79 Å². The van der Waals surface area contributed by atoms with E-state index in [1.807, 2.05) is 12.1 Å². The highest BCUT2D eigenvalue weighted by molar-refractivity contribution is 5.89. The van der Waals surface area contributed by atoms with E-state index in [4.69, 9.17) is 9.47 Å². The molecule has 0 N–H and O–H groups in total. The molecule has 0 spiro atoms. The Kier molecular flexibility index (Phi) is 9.72. The summed E-state index contributed by atoms with van der Waals surface area (Å²) in [5.41, 5.74) is 0.587. The summed E-state index contributed by atoms with van der Waals surface area (Å²) in [5, 5.41) is 0. The smallest absolute Gasteiger partial charge is 0.338 e. The fourth-order valence-corrected chi connectivity index (χ4v) is 2.56. The number of likely N-dealkylation sites (tertiary alicyclic amines) is 1. The highest BCUT2D eigenvalue weighted by Gasteiger charge is 2.11. The molecule has 5 heteroatoms. The van der Waals surface area contributed by atoms with Crippen molar-refractivity contribution in [3.63, 3.8) is 0 Å². The predicted octanol–water partition coefficient (Wildman–Crippen LogP) is 3.93. The summed E-state index contributed by atoms with van der Waals surface area (Å²) >= 11 is 0. The number of unbranched alkanes of at least 4 members (excludes halogenated alkanes) is 1. The van der Waals surface area contributed by atoms with Crippen LogP contribution in [0.1, 0.15) is 49.4 Å². The lowest BCUT2D eigenvalue weighted by Crippen LogP contribution is -2.22. The first-order valence-electron chi connectivity index (χ1n) is 8.42. The number of nitrogens with zero attached hydrogens (tertiary/aromatic N) is 1. The van der Waals surface area contributed by atoms with Crippen molar-refractivity contribution in [1.29, 1.82) is 0 Å². The van der Waals surface area contributed by atoms with E-state index >= 15 is 0 Å². The van der Waals surface area contributed by atoms with Gasteiger partial charge in [-0.2, -0.15) is 0 Å². The lowest BCUT2D eigenvalue weighted by molar-refractivity contribution is 0.0491. The van der Waals surface area contributed by atoms with E-state index < -0.39 is 0 Å². The van der Waals surface area contributed by atoms with Crippen LogP contribution in [0.25, 0.3) is 0 Å². The molecule has 1 fully saturated rings. The molecule has 1 heterocycles. The second-order valence-corrected chi connectivity index (χ2v) is 5.76. The number of esters is 1. The number of carbonyl (C=O) groups excluding carboxylic acids is 1. The van der Waals surface area contributed by atoms with Crippen LogP contribution in [0.4, 0.5) is 0 Å². The van der Waals surface area contributed by atoms with Gasteiger partial charge in [0.2, 0.25) is 0 Å². The number of hydrogen-bond donors (Lipinski definition) is 0. The van der Waals surface area contributed by atoms with Gasteiger partial charge in [0.05, 0.1) is 18.8 Å². The largest absolute Gasteiger partial charge is 0.494 e. The first-order valence-corrected chi connectivity index (χ1v) is 8.42. The van der Waals surface area contributed by atoms with Crippen LogP contribution in [0, 0.1) is 0 Å². The van der Waals surface area contributed by atoms with Gasteiger partial charge >= 0.3 is 5.97 Å². The molecule has 0 amide bonds. The van der Waals surface area contributed by atoms with Gasteiger partial charge in [-0.1, -0.05) is 13.3 Å². The van der Waals surface area contributed by atoms with Crippen LogP contribution < -0.4 is 4.74 Å². The third-order valence-corrected chi connectivity index (χ3v) is 3.91.